The predicted octanol–water partition coefficient (Wildman–Crippen LogP) is 2.86. The molecule has 0 aliphatic carbocycles. The van der Waals surface area contributed by atoms with E-state index in [1.165, 1.54) is 0 Å². The fourth-order valence-corrected chi connectivity index (χ4v) is 2.67. The summed E-state index contributed by atoms with van der Waals surface area (Å²) in [5.74, 6) is 1.46. The van der Waals surface area contributed by atoms with E-state index in [-0.39, 0.29) is 18.6 Å². The lowest BCUT2D eigenvalue weighted by atomic mass is 9.78. The van der Waals surface area contributed by atoms with Crippen LogP contribution in [0.25, 0.3) is 0 Å². The minimum Gasteiger partial charge on any atom is -0.491 e. The van der Waals surface area contributed by atoms with Gasteiger partial charge in [0.1, 0.15) is 30.8 Å². The summed E-state index contributed by atoms with van der Waals surface area (Å²) in [4.78, 5) is 0. The maximum absolute atomic E-state index is 9.60. The topological polar surface area (TPSA) is 84.9 Å². The monoisotopic (exact) mass is 373 g/mol. The van der Waals surface area contributed by atoms with Crippen molar-refractivity contribution in [2.45, 2.75) is 44.8 Å². The Hall–Kier alpha value is -2.08. The van der Waals surface area contributed by atoms with Gasteiger partial charge in [0.05, 0.1) is 6.10 Å². The quantitative estimate of drug-likeness (QED) is 0.596. The second-order valence-electron chi connectivity index (χ2n) is 7.25. The predicted molar refractivity (Wildman–Crippen MR) is 107 cm³/mol. The Morgan fingerprint density at radius 3 is 1.59 bits per heavy atom. The van der Waals surface area contributed by atoms with Crippen molar-refractivity contribution in [3.05, 3.63) is 59.7 Å². The van der Waals surface area contributed by atoms with Gasteiger partial charge in [0, 0.05) is 12.0 Å². The molecule has 27 heavy (non-hydrogen) atoms. The fraction of sp³-hybridized carbons (Fsp3) is 0.455. The molecule has 0 saturated carbocycles. The first-order valence-electron chi connectivity index (χ1n) is 9.39. The van der Waals surface area contributed by atoms with Gasteiger partial charge in [-0.05, 0) is 41.8 Å². The molecule has 2 unspecified atom stereocenters. The number of aliphatic hydroxyl groups excluding tert-OH is 2. The molecule has 0 saturated heterocycles. The summed E-state index contributed by atoms with van der Waals surface area (Å²) in [7, 11) is 0. The average molecular weight is 373 g/mol. The van der Waals surface area contributed by atoms with Crippen molar-refractivity contribution in [2.24, 2.45) is 5.73 Å². The van der Waals surface area contributed by atoms with Crippen LogP contribution >= 0.6 is 0 Å². The van der Waals surface area contributed by atoms with Crippen molar-refractivity contribution < 1.29 is 19.7 Å². The lowest BCUT2D eigenvalue weighted by Gasteiger charge is -2.26. The lowest BCUT2D eigenvalue weighted by molar-refractivity contribution is 0.104. The third-order valence-electron chi connectivity index (χ3n) is 4.78. The van der Waals surface area contributed by atoms with Gasteiger partial charge >= 0.3 is 0 Å². The molecule has 2 rings (SSSR count). The minimum atomic E-state index is -0.653. The summed E-state index contributed by atoms with van der Waals surface area (Å²) < 4.78 is 11.1. The van der Waals surface area contributed by atoms with Crippen LogP contribution in [-0.2, 0) is 5.41 Å². The molecule has 2 atom stereocenters. The molecule has 0 fully saturated rings. The number of benzene rings is 2. The Kier molecular flexibility index (Phi) is 7.66. The van der Waals surface area contributed by atoms with Gasteiger partial charge < -0.3 is 25.4 Å². The first kappa shape index (κ1) is 21.2. The highest BCUT2D eigenvalue weighted by atomic mass is 16.5. The molecule has 5 nitrogen and oxygen atoms in total. The maximum atomic E-state index is 9.60. The molecule has 2 aromatic rings. The van der Waals surface area contributed by atoms with Crippen molar-refractivity contribution in [2.75, 3.05) is 19.8 Å². The van der Waals surface area contributed by atoms with Gasteiger partial charge in [-0.25, -0.2) is 0 Å². The van der Waals surface area contributed by atoms with Crippen LogP contribution < -0.4 is 15.2 Å². The van der Waals surface area contributed by atoms with Gasteiger partial charge in [-0.3, -0.25) is 0 Å². The van der Waals surface area contributed by atoms with Gasteiger partial charge in [-0.1, -0.05) is 45.0 Å². The molecule has 0 aliphatic heterocycles. The lowest BCUT2D eigenvalue weighted by Crippen LogP contribution is -2.26. The van der Waals surface area contributed by atoms with Crippen molar-refractivity contribution in [1.29, 1.82) is 0 Å². The van der Waals surface area contributed by atoms with Gasteiger partial charge in [0.2, 0.25) is 0 Å². The van der Waals surface area contributed by atoms with Crippen LogP contribution in [0.4, 0.5) is 0 Å². The Morgan fingerprint density at radius 1 is 0.815 bits per heavy atom. The number of hydrogen-bond donors (Lipinski definition) is 3. The molecule has 0 heterocycles. The van der Waals surface area contributed by atoms with E-state index in [4.69, 9.17) is 15.2 Å². The smallest absolute Gasteiger partial charge is 0.119 e. The van der Waals surface area contributed by atoms with Crippen LogP contribution in [0.15, 0.2) is 48.5 Å². The summed E-state index contributed by atoms with van der Waals surface area (Å²) in [6.07, 6.45) is -0.413. The van der Waals surface area contributed by atoms with Crippen molar-refractivity contribution in [3.8, 4) is 11.5 Å². The second-order valence-corrected chi connectivity index (χ2v) is 7.25. The molecule has 0 aromatic heterocycles. The van der Waals surface area contributed by atoms with E-state index in [1.54, 1.807) is 0 Å². The first-order chi connectivity index (χ1) is 12.9. The fourth-order valence-electron chi connectivity index (χ4n) is 2.67. The molecule has 0 spiro atoms. The number of nitrogens with two attached hydrogens (primary N) is 1. The standard InChI is InChI=1S/C22H31NO4/c1-4-18(24)14-26-20-9-5-16(6-10-20)22(2,3)17-7-11-21(12-8-17)27-15-19(25)13-23/h5-12,18-19,24-25H,4,13-15,23H2,1-3H3. The maximum Gasteiger partial charge on any atom is 0.119 e. The van der Waals surface area contributed by atoms with Crippen LogP contribution in [0.5, 0.6) is 11.5 Å². The van der Waals surface area contributed by atoms with Crippen LogP contribution in [0, 0.1) is 0 Å². The molecule has 0 bridgehead atoms. The van der Waals surface area contributed by atoms with Crippen molar-refractivity contribution >= 4 is 0 Å². The number of rotatable bonds is 10. The normalized spacial score (nSPS) is 13.9. The van der Waals surface area contributed by atoms with Crippen molar-refractivity contribution in [3.63, 3.8) is 0 Å². The van der Waals surface area contributed by atoms with Gasteiger partial charge in [-0.15, -0.1) is 0 Å². The molecule has 0 aliphatic rings. The summed E-state index contributed by atoms with van der Waals surface area (Å²) in [5, 5.41) is 19.1. The first-order valence-corrected chi connectivity index (χ1v) is 9.39. The Morgan fingerprint density at radius 2 is 1.22 bits per heavy atom. The Balaban J connectivity index is 2.04. The van der Waals surface area contributed by atoms with Gasteiger partial charge in [0.15, 0.2) is 0 Å². The van der Waals surface area contributed by atoms with E-state index < -0.39 is 12.2 Å². The third kappa shape index (κ3) is 5.96. The number of ether oxygens (including phenoxy) is 2. The molecule has 5 heteroatoms. The molecule has 0 radical (unpaired) electrons. The molecule has 2 aromatic carbocycles. The Labute approximate surface area is 161 Å². The van der Waals surface area contributed by atoms with Crippen LogP contribution in [0.1, 0.15) is 38.3 Å². The SMILES string of the molecule is CCC(O)COc1ccc(C(C)(C)c2ccc(OCC(O)CN)cc2)cc1. The highest BCUT2D eigenvalue weighted by Crippen LogP contribution is 2.33. The van der Waals surface area contributed by atoms with E-state index in [9.17, 15) is 10.2 Å². The zero-order valence-corrected chi connectivity index (χ0v) is 16.4. The highest BCUT2D eigenvalue weighted by Gasteiger charge is 2.23. The van der Waals surface area contributed by atoms with Crippen LogP contribution in [-0.4, -0.2) is 42.2 Å². The molecular formula is C22H31NO4. The largest absolute Gasteiger partial charge is 0.491 e. The van der Waals surface area contributed by atoms with E-state index in [2.05, 4.69) is 26.0 Å². The number of hydrogen-bond acceptors (Lipinski definition) is 5. The average Bonchev–Trinajstić information content (AvgIpc) is 2.70. The molecule has 148 valence electrons. The van der Waals surface area contributed by atoms with E-state index in [1.807, 2.05) is 43.3 Å². The number of aliphatic hydroxyl groups is 2. The Bertz CT molecular complexity index is 623. The highest BCUT2D eigenvalue weighted by molar-refractivity contribution is 5.41. The second kappa shape index (κ2) is 9.74. The van der Waals surface area contributed by atoms with Gasteiger partial charge in [0.25, 0.3) is 0 Å². The van der Waals surface area contributed by atoms with E-state index in [0.29, 0.717) is 18.8 Å². The molecule has 0 amide bonds. The third-order valence-corrected chi connectivity index (χ3v) is 4.78. The summed E-state index contributed by atoms with van der Waals surface area (Å²) in [6, 6.07) is 15.9. The van der Waals surface area contributed by atoms with Crippen LogP contribution in [0.2, 0.25) is 0 Å². The molecular weight excluding hydrogens is 342 g/mol. The van der Waals surface area contributed by atoms with Crippen molar-refractivity contribution in [1.82, 2.24) is 0 Å². The van der Waals surface area contributed by atoms with Gasteiger partial charge in [-0.2, -0.15) is 0 Å². The summed E-state index contributed by atoms with van der Waals surface area (Å²) >= 11 is 0. The molecule has 4 N–H and O–H groups in total. The summed E-state index contributed by atoms with van der Waals surface area (Å²) in [5.41, 5.74) is 7.52. The van der Waals surface area contributed by atoms with E-state index >= 15 is 0 Å². The summed E-state index contributed by atoms with van der Waals surface area (Å²) in [6.45, 7) is 6.93. The van der Waals surface area contributed by atoms with E-state index in [0.717, 1.165) is 16.9 Å². The zero-order chi connectivity index (χ0) is 19.9. The minimum absolute atomic E-state index is 0.183. The zero-order valence-electron chi connectivity index (χ0n) is 16.4. The van der Waals surface area contributed by atoms with Crippen LogP contribution in [0.3, 0.4) is 0 Å².